The molecule has 0 amide bonds. The molecule has 0 aliphatic heterocycles. The minimum Gasteiger partial charge on any atom is -0.462 e. The maximum absolute atomic E-state index is 12.0. The molecule has 17 heavy (non-hydrogen) atoms. The number of halogens is 1. The number of rotatable bonds is 3. The molecule has 0 saturated carbocycles. The van der Waals surface area contributed by atoms with Crippen LogP contribution in [0.1, 0.15) is 23.0 Å². The van der Waals surface area contributed by atoms with Gasteiger partial charge < -0.3 is 9.30 Å². The molecule has 5 heteroatoms. The zero-order valence-electron chi connectivity index (χ0n) is 9.74. The molecule has 2 rings (SSSR count). The van der Waals surface area contributed by atoms with Gasteiger partial charge in [0.05, 0.1) is 17.7 Å². The van der Waals surface area contributed by atoms with Crippen molar-refractivity contribution in [1.82, 2.24) is 9.55 Å². The van der Waals surface area contributed by atoms with Crippen molar-refractivity contribution in [3.8, 4) is 0 Å². The highest BCUT2D eigenvalue weighted by molar-refractivity contribution is 9.08. The molecule has 0 N–H and O–H groups in total. The predicted molar refractivity (Wildman–Crippen MR) is 69.3 cm³/mol. The summed E-state index contributed by atoms with van der Waals surface area (Å²) in [4.78, 5) is 16.0. The van der Waals surface area contributed by atoms with Gasteiger partial charge in [0.25, 0.3) is 0 Å². The summed E-state index contributed by atoms with van der Waals surface area (Å²) in [6, 6.07) is 1.89. The summed E-state index contributed by atoms with van der Waals surface area (Å²) in [5.41, 5.74) is 2.50. The number of aromatic nitrogens is 2. The number of pyridine rings is 1. The fourth-order valence-electron chi connectivity index (χ4n) is 1.93. The second-order valence-electron chi connectivity index (χ2n) is 3.63. The van der Waals surface area contributed by atoms with Gasteiger partial charge in [-0.15, -0.1) is 0 Å². The highest BCUT2D eigenvalue weighted by atomic mass is 79.9. The molecule has 2 heterocycles. The fourth-order valence-corrected chi connectivity index (χ4v) is 2.58. The lowest BCUT2D eigenvalue weighted by atomic mass is 10.2. The summed E-state index contributed by atoms with van der Waals surface area (Å²) in [6.45, 7) is 2.17. The summed E-state index contributed by atoms with van der Waals surface area (Å²) < 4.78 is 7.08. The van der Waals surface area contributed by atoms with Crippen molar-refractivity contribution in [2.75, 3.05) is 6.61 Å². The topological polar surface area (TPSA) is 44.1 Å². The summed E-state index contributed by atoms with van der Waals surface area (Å²) in [6.07, 6.45) is 3.42. The Bertz CT molecular complexity index is 563. The number of fused-ring (bicyclic) bond motifs is 1. The maximum Gasteiger partial charge on any atom is 0.340 e. The number of esters is 1. The van der Waals surface area contributed by atoms with Crippen LogP contribution in [0.2, 0.25) is 0 Å². The van der Waals surface area contributed by atoms with Crippen molar-refractivity contribution < 1.29 is 9.53 Å². The predicted octanol–water partition coefficient (Wildman–Crippen LogP) is 2.64. The van der Waals surface area contributed by atoms with E-state index < -0.39 is 0 Å². The van der Waals surface area contributed by atoms with Gasteiger partial charge in [-0.25, -0.2) is 4.79 Å². The van der Waals surface area contributed by atoms with Gasteiger partial charge in [-0.1, -0.05) is 15.9 Å². The van der Waals surface area contributed by atoms with Crippen LogP contribution in [0.25, 0.3) is 10.9 Å². The van der Waals surface area contributed by atoms with Crippen molar-refractivity contribution in [1.29, 1.82) is 0 Å². The van der Waals surface area contributed by atoms with Gasteiger partial charge in [0.2, 0.25) is 0 Å². The Labute approximate surface area is 108 Å². The van der Waals surface area contributed by atoms with Gasteiger partial charge in [-0.2, -0.15) is 0 Å². The lowest BCUT2D eigenvalue weighted by Crippen LogP contribution is -2.07. The average molecular weight is 297 g/mol. The molecule has 90 valence electrons. The molecule has 0 unspecified atom stereocenters. The average Bonchev–Trinajstić information content (AvgIpc) is 2.63. The van der Waals surface area contributed by atoms with Crippen LogP contribution in [-0.4, -0.2) is 22.1 Å². The normalized spacial score (nSPS) is 10.8. The van der Waals surface area contributed by atoms with Crippen LogP contribution in [-0.2, 0) is 17.1 Å². The van der Waals surface area contributed by atoms with Crippen molar-refractivity contribution in [2.45, 2.75) is 12.3 Å². The van der Waals surface area contributed by atoms with Gasteiger partial charge in [-0.05, 0) is 13.0 Å². The molecule has 0 saturated heterocycles. The second kappa shape index (κ2) is 4.87. The van der Waals surface area contributed by atoms with E-state index in [9.17, 15) is 4.79 Å². The molecule has 2 aromatic rings. The van der Waals surface area contributed by atoms with Crippen molar-refractivity contribution in [2.24, 2.45) is 7.05 Å². The second-order valence-corrected chi connectivity index (χ2v) is 4.19. The number of alkyl halides is 1. The highest BCUT2D eigenvalue weighted by Crippen LogP contribution is 2.26. The molecule has 0 aliphatic rings. The number of ether oxygens (including phenoxy) is 1. The highest BCUT2D eigenvalue weighted by Gasteiger charge is 2.21. The summed E-state index contributed by atoms with van der Waals surface area (Å²) in [5, 5.41) is 1.44. The molecular weight excluding hydrogens is 284 g/mol. The molecule has 0 aromatic carbocycles. The molecule has 0 aliphatic carbocycles. The maximum atomic E-state index is 12.0. The first-order chi connectivity index (χ1) is 8.20. The summed E-state index contributed by atoms with van der Waals surface area (Å²) >= 11 is 3.41. The molecule has 0 spiro atoms. The molecule has 0 fully saturated rings. The standard InChI is InChI=1S/C12H13BrN2O2/c1-3-17-12(16)11-8-7-14-5-4-9(8)15(2)10(11)6-13/h4-5,7H,3,6H2,1-2H3. The lowest BCUT2D eigenvalue weighted by Gasteiger charge is -2.03. The summed E-state index contributed by atoms with van der Waals surface area (Å²) in [7, 11) is 1.93. The lowest BCUT2D eigenvalue weighted by molar-refractivity contribution is 0.0527. The molecule has 2 aromatic heterocycles. The third-order valence-corrected chi connectivity index (χ3v) is 3.26. The Balaban J connectivity index is 2.71. The Morgan fingerprint density at radius 3 is 3.00 bits per heavy atom. The number of hydrogen-bond acceptors (Lipinski definition) is 3. The Morgan fingerprint density at radius 2 is 2.35 bits per heavy atom. The molecule has 0 atom stereocenters. The number of carbonyl (C=O) groups excluding carboxylic acids is 1. The molecular formula is C12H13BrN2O2. The van der Waals surface area contributed by atoms with E-state index in [1.54, 1.807) is 19.3 Å². The van der Waals surface area contributed by atoms with Crippen molar-refractivity contribution >= 4 is 32.8 Å². The molecule has 4 nitrogen and oxygen atoms in total. The van der Waals surface area contributed by atoms with Gasteiger partial charge in [0.15, 0.2) is 0 Å². The Kier molecular flexibility index (Phi) is 3.47. The van der Waals surface area contributed by atoms with Crippen LogP contribution in [0, 0.1) is 0 Å². The Hall–Kier alpha value is -1.36. The van der Waals surface area contributed by atoms with E-state index in [0.29, 0.717) is 17.5 Å². The number of aryl methyl sites for hydroxylation is 1. The van der Waals surface area contributed by atoms with Crippen LogP contribution in [0.5, 0.6) is 0 Å². The number of hydrogen-bond donors (Lipinski definition) is 0. The van der Waals surface area contributed by atoms with Crippen LogP contribution in [0.4, 0.5) is 0 Å². The Morgan fingerprint density at radius 1 is 1.59 bits per heavy atom. The van der Waals surface area contributed by atoms with Crippen LogP contribution in [0.3, 0.4) is 0 Å². The van der Waals surface area contributed by atoms with E-state index in [0.717, 1.165) is 16.6 Å². The largest absolute Gasteiger partial charge is 0.462 e. The van der Waals surface area contributed by atoms with Gasteiger partial charge in [-0.3, -0.25) is 4.98 Å². The van der Waals surface area contributed by atoms with Gasteiger partial charge in [0, 0.05) is 35.9 Å². The van der Waals surface area contributed by atoms with E-state index >= 15 is 0 Å². The van der Waals surface area contributed by atoms with E-state index in [4.69, 9.17) is 4.74 Å². The van der Waals surface area contributed by atoms with E-state index in [1.165, 1.54) is 0 Å². The minimum atomic E-state index is -0.291. The third-order valence-electron chi connectivity index (χ3n) is 2.73. The first-order valence-corrected chi connectivity index (χ1v) is 6.47. The van der Waals surface area contributed by atoms with Gasteiger partial charge in [0.1, 0.15) is 0 Å². The SMILES string of the molecule is CCOC(=O)c1c(CBr)n(C)c2ccncc12. The van der Waals surface area contributed by atoms with E-state index in [2.05, 4.69) is 20.9 Å². The van der Waals surface area contributed by atoms with Crippen molar-refractivity contribution in [3.05, 3.63) is 29.7 Å². The van der Waals surface area contributed by atoms with Gasteiger partial charge >= 0.3 is 5.97 Å². The van der Waals surface area contributed by atoms with E-state index in [1.807, 2.05) is 17.7 Å². The van der Waals surface area contributed by atoms with Crippen LogP contribution >= 0.6 is 15.9 Å². The van der Waals surface area contributed by atoms with Crippen LogP contribution in [0.15, 0.2) is 18.5 Å². The number of carbonyl (C=O) groups is 1. The first kappa shape index (κ1) is 12.1. The minimum absolute atomic E-state index is 0.291. The van der Waals surface area contributed by atoms with Crippen molar-refractivity contribution in [3.63, 3.8) is 0 Å². The summed E-state index contributed by atoms with van der Waals surface area (Å²) in [5.74, 6) is -0.291. The fraction of sp³-hybridized carbons (Fsp3) is 0.333. The zero-order chi connectivity index (χ0) is 12.4. The zero-order valence-corrected chi connectivity index (χ0v) is 11.3. The first-order valence-electron chi connectivity index (χ1n) is 5.35. The van der Waals surface area contributed by atoms with Crippen LogP contribution < -0.4 is 0 Å². The van der Waals surface area contributed by atoms with E-state index in [-0.39, 0.29) is 5.97 Å². The number of nitrogens with zero attached hydrogens (tertiary/aromatic N) is 2. The quantitative estimate of drug-likeness (QED) is 0.646. The molecule has 0 radical (unpaired) electrons. The smallest absolute Gasteiger partial charge is 0.340 e. The monoisotopic (exact) mass is 296 g/mol. The third kappa shape index (κ3) is 1.95. The molecule has 0 bridgehead atoms.